The molecule has 0 aliphatic carbocycles. The van der Waals surface area contributed by atoms with E-state index in [1.165, 1.54) is 6.33 Å². The van der Waals surface area contributed by atoms with Gasteiger partial charge in [-0.15, -0.1) is 0 Å². The maximum Gasteiger partial charge on any atom is 0.115 e. The molecule has 60 valence electrons. The van der Waals surface area contributed by atoms with Gasteiger partial charge in [-0.3, -0.25) is 0 Å². The molecule has 0 aliphatic heterocycles. The van der Waals surface area contributed by atoms with Crippen molar-refractivity contribution >= 4 is 5.69 Å². The molecule has 1 aromatic heterocycles. The number of hydrogen-bond acceptors (Lipinski definition) is 4. The zero-order chi connectivity index (χ0) is 7.94. The SMILES string of the molecule is COCCNc1cncnc1. The number of nitrogens with zero attached hydrogens (tertiary/aromatic N) is 2. The lowest BCUT2D eigenvalue weighted by atomic mass is 10.5. The van der Waals surface area contributed by atoms with E-state index in [1.54, 1.807) is 19.5 Å². The number of rotatable bonds is 4. The fourth-order valence-corrected chi connectivity index (χ4v) is 0.688. The highest BCUT2D eigenvalue weighted by atomic mass is 16.5. The molecule has 0 aromatic carbocycles. The monoisotopic (exact) mass is 153 g/mol. The van der Waals surface area contributed by atoms with Crippen molar-refractivity contribution in [3.05, 3.63) is 18.7 Å². The van der Waals surface area contributed by atoms with E-state index in [0.717, 1.165) is 12.2 Å². The van der Waals surface area contributed by atoms with Crippen LogP contribution in [0.3, 0.4) is 0 Å². The summed E-state index contributed by atoms with van der Waals surface area (Å²) in [6.07, 6.45) is 4.95. The Kier molecular flexibility index (Phi) is 3.34. The molecule has 0 saturated heterocycles. The van der Waals surface area contributed by atoms with E-state index in [-0.39, 0.29) is 0 Å². The number of nitrogens with one attached hydrogen (secondary N) is 1. The van der Waals surface area contributed by atoms with Gasteiger partial charge in [-0.1, -0.05) is 0 Å². The molecule has 4 heteroatoms. The summed E-state index contributed by atoms with van der Waals surface area (Å²) in [6.45, 7) is 1.47. The Morgan fingerprint density at radius 3 is 2.82 bits per heavy atom. The van der Waals surface area contributed by atoms with Gasteiger partial charge in [0.15, 0.2) is 0 Å². The predicted molar refractivity (Wildman–Crippen MR) is 42.4 cm³/mol. The van der Waals surface area contributed by atoms with Gasteiger partial charge in [0.05, 0.1) is 24.7 Å². The van der Waals surface area contributed by atoms with Crippen LogP contribution < -0.4 is 5.32 Å². The summed E-state index contributed by atoms with van der Waals surface area (Å²) in [7, 11) is 1.67. The predicted octanol–water partition coefficient (Wildman–Crippen LogP) is 0.535. The smallest absolute Gasteiger partial charge is 0.115 e. The molecule has 1 heterocycles. The molecule has 0 aliphatic rings. The molecule has 0 spiro atoms. The average Bonchev–Trinajstić information content (AvgIpc) is 2.07. The zero-order valence-corrected chi connectivity index (χ0v) is 6.45. The Morgan fingerprint density at radius 2 is 2.18 bits per heavy atom. The second-order valence-electron chi connectivity index (χ2n) is 2.05. The van der Waals surface area contributed by atoms with Gasteiger partial charge in [-0.25, -0.2) is 9.97 Å². The fraction of sp³-hybridized carbons (Fsp3) is 0.429. The lowest BCUT2D eigenvalue weighted by molar-refractivity contribution is 0.211. The summed E-state index contributed by atoms with van der Waals surface area (Å²) in [5.74, 6) is 0. The maximum absolute atomic E-state index is 4.86. The van der Waals surface area contributed by atoms with Crippen LogP contribution in [0.5, 0.6) is 0 Å². The fourth-order valence-electron chi connectivity index (χ4n) is 0.688. The Hall–Kier alpha value is -1.16. The van der Waals surface area contributed by atoms with Crippen molar-refractivity contribution in [3.8, 4) is 0 Å². The third-order valence-corrected chi connectivity index (χ3v) is 1.20. The first-order chi connectivity index (χ1) is 5.43. The van der Waals surface area contributed by atoms with E-state index < -0.39 is 0 Å². The van der Waals surface area contributed by atoms with Crippen molar-refractivity contribution < 1.29 is 4.74 Å². The van der Waals surface area contributed by atoms with E-state index in [4.69, 9.17) is 4.74 Å². The van der Waals surface area contributed by atoms with E-state index in [9.17, 15) is 0 Å². The number of ether oxygens (including phenoxy) is 1. The summed E-state index contributed by atoms with van der Waals surface area (Å²) in [5, 5.41) is 3.10. The Balaban J connectivity index is 2.28. The second kappa shape index (κ2) is 4.62. The van der Waals surface area contributed by atoms with Gasteiger partial charge in [0.2, 0.25) is 0 Å². The van der Waals surface area contributed by atoms with Crippen LogP contribution >= 0.6 is 0 Å². The molecule has 0 atom stereocenters. The number of methoxy groups -OCH3 is 1. The van der Waals surface area contributed by atoms with Gasteiger partial charge >= 0.3 is 0 Å². The molecule has 4 nitrogen and oxygen atoms in total. The standard InChI is InChI=1S/C7H11N3O/c1-11-3-2-10-7-4-8-6-9-5-7/h4-6,10H,2-3H2,1H3. The molecular formula is C7H11N3O. The van der Waals surface area contributed by atoms with Crippen LogP contribution in [0.4, 0.5) is 5.69 Å². The van der Waals surface area contributed by atoms with Crippen molar-refractivity contribution in [2.24, 2.45) is 0 Å². The summed E-state index contributed by atoms with van der Waals surface area (Å²) >= 11 is 0. The molecule has 1 N–H and O–H groups in total. The summed E-state index contributed by atoms with van der Waals surface area (Å²) in [6, 6.07) is 0. The zero-order valence-electron chi connectivity index (χ0n) is 6.45. The topological polar surface area (TPSA) is 47.0 Å². The van der Waals surface area contributed by atoms with E-state index in [0.29, 0.717) is 6.61 Å². The van der Waals surface area contributed by atoms with Gasteiger partial charge in [-0.05, 0) is 0 Å². The first kappa shape index (κ1) is 7.94. The molecule has 1 rings (SSSR count). The number of anilines is 1. The van der Waals surface area contributed by atoms with Gasteiger partial charge < -0.3 is 10.1 Å². The minimum Gasteiger partial charge on any atom is -0.383 e. The van der Waals surface area contributed by atoms with Crippen LogP contribution in [0.15, 0.2) is 18.7 Å². The molecule has 0 bridgehead atoms. The van der Waals surface area contributed by atoms with Crippen molar-refractivity contribution in [2.75, 3.05) is 25.6 Å². The Morgan fingerprint density at radius 1 is 1.45 bits per heavy atom. The maximum atomic E-state index is 4.86. The first-order valence-electron chi connectivity index (χ1n) is 3.41. The van der Waals surface area contributed by atoms with Gasteiger partial charge in [0.25, 0.3) is 0 Å². The van der Waals surface area contributed by atoms with Crippen LogP contribution in [-0.2, 0) is 4.74 Å². The normalized spacial score (nSPS) is 9.55. The van der Waals surface area contributed by atoms with E-state index in [2.05, 4.69) is 15.3 Å². The molecule has 0 fully saturated rings. The second-order valence-corrected chi connectivity index (χ2v) is 2.05. The van der Waals surface area contributed by atoms with Gasteiger partial charge in [-0.2, -0.15) is 0 Å². The molecule has 0 saturated carbocycles. The molecule has 0 amide bonds. The van der Waals surface area contributed by atoms with Crippen LogP contribution in [0.2, 0.25) is 0 Å². The van der Waals surface area contributed by atoms with Crippen molar-refractivity contribution in [1.82, 2.24) is 9.97 Å². The highest BCUT2D eigenvalue weighted by Gasteiger charge is 1.88. The van der Waals surface area contributed by atoms with Crippen LogP contribution in [0.1, 0.15) is 0 Å². The van der Waals surface area contributed by atoms with Crippen LogP contribution in [0.25, 0.3) is 0 Å². The third-order valence-electron chi connectivity index (χ3n) is 1.20. The van der Waals surface area contributed by atoms with Crippen LogP contribution in [0, 0.1) is 0 Å². The Bertz CT molecular complexity index is 190. The molecule has 0 unspecified atom stereocenters. The minimum atomic E-state index is 0.689. The average molecular weight is 153 g/mol. The van der Waals surface area contributed by atoms with E-state index >= 15 is 0 Å². The third kappa shape index (κ3) is 2.95. The summed E-state index contributed by atoms with van der Waals surface area (Å²) in [4.78, 5) is 7.70. The summed E-state index contributed by atoms with van der Waals surface area (Å²) < 4.78 is 4.86. The van der Waals surface area contributed by atoms with Gasteiger partial charge in [0.1, 0.15) is 6.33 Å². The lowest BCUT2D eigenvalue weighted by Crippen LogP contribution is -2.07. The molecule has 11 heavy (non-hydrogen) atoms. The quantitative estimate of drug-likeness (QED) is 0.641. The first-order valence-corrected chi connectivity index (χ1v) is 3.41. The van der Waals surface area contributed by atoms with Crippen molar-refractivity contribution in [3.63, 3.8) is 0 Å². The van der Waals surface area contributed by atoms with Crippen molar-refractivity contribution in [1.29, 1.82) is 0 Å². The molecule has 0 radical (unpaired) electrons. The molecular weight excluding hydrogens is 142 g/mol. The van der Waals surface area contributed by atoms with Crippen LogP contribution in [-0.4, -0.2) is 30.2 Å². The highest BCUT2D eigenvalue weighted by Crippen LogP contribution is 1.98. The largest absolute Gasteiger partial charge is 0.383 e. The van der Waals surface area contributed by atoms with Gasteiger partial charge in [0, 0.05) is 13.7 Å². The number of aromatic nitrogens is 2. The minimum absolute atomic E-state index is 0.689. The molecule has 1 aromatic rings. The van der Waals surface area contributed by atoms with E-state index in [1.807, 2.05) is 0 Å². The number of hydrogen-bond donors (Lipinski definition) is 1. The highest BCUT2D eigenvalue weighted by molar-refractivity contribution is 5.36. The lowest BCUT2D eigenvalue weighted by Gasteiger charge is -2.02. The Labute approximate surface area is 65.6 Å². The summed E-state index contributed by atoms with van der Waals surface area (Å²) in [5.41, 5.74) is 0.921. The van der Waals surface area contributed by atoms with Crippen molar-refractivity contribution in [2.45, 2.75) is 0 Å².